The zero-order chi connectivity index (χ0) is 12.6. The molecule has 0 unspecified atom stereocenters. The number of aromatic nitrogens is 2. The van der Waals surface area contributed by atoms with E-state index in [-0.39, 0.29) is 5.52 Å². The Labute approximate surface area is 114 Å². The van der Waals surface area contributed by atoms with Gasteiger partial charge in [-0.1, -0.05) is 31.9 Å². The van der Waals surface area contributed by atoms with Crippen molar-refractivity contribution >= 4 is 48.6 Å². The van der Waals surface area contributed by atoms with Gasteiger partial charge in [-0.3, -0.25) is 0 Å². The van der Waals surface area contributed by atoms with Crippen LogP contribution >= 0.6 is 31.9 Å². The number of nitrogens with zero attached hydrogens (tertiary/aromatic N) is 2. The minimum atomic E-state index is 0.277. The molecule has 0 aliphatic heterocycles. The zero-order valence-electron chi connectivity index (χ0n) is 8.69. The number of alkyl halides is 2. The Kier molecular flexibility index (Phi) is 3.39. The van der Waals surface area contributed by atoms with Crippen LogP contribution in [0.5, 0.6) is 0 Å². The number of hydrogen-bond donors (Lipinski definition) is 1. The second-order valence-corrected chi connectivity index (χ2v) is 4.62. The van der Waals surface area contributed by atoms with Crippen molar-refractivity contribution in [3.63, 3.8) is 0 Å². The van der Waals surface area contributed by atoms with E-state index in [1.807, 2.05) is 0 Å². The van der Waals surface area contributed by atoms with Crippen molar-refractivity contribution in [2.24, 2.45) is 0 Å². The van der Waals surface area contributed by atoms with Gasteiger partial charge in [-0.2, -0.15) is 9.46 Å². The first kappa shape index (κ1) is 12.4. The molecule has 2 aromatic rings. The van der Waals surface area contributed by atoms with Gasteiger partial charge < -0.3 is 16.1 Å². The highest BCUT2D eigenvalue weighted by Gasteiger charge is 2.26. The molecule has 17 heavy (non-hydrogen) atoms. The van der Waals surface area contributed by atoms with Gasteiger partial charge in [-0.15, -0.1) is 0 Å². The second-order valence-electron chi connectivity index (χ2n) is 3.50. The first-order valence-electron chi connectivity index (χ1n) is 4.78. The molecule has 0 aliphatic carbocycles. The molecule has 0 amide bonds. The first-order chi connectivity index (χ1) is 8.10. The molecule has 0 bridgehead atoms. The number of halogens is 2. The number of benzene rings is 1. The lowest BCUT2D eigenvalue weighted by molar-refractivity contribution is -0.638. The van der Waals surface area contributed by atoms with Crippen LogP contribution in [0.25, 0.3) is 11.0 Å². The molecular weight excluding hydrogens is 354 g/mol. The van der Waals surface area contributed by atoms with Gasteiger partial charge in [0.25, 0.3) is 22.4 Å². The summed E-state index contributed by atoms with van der Waals surface area (Å²) >= 11 is 6.43. The summed E-state index contributed by atoms with van der Waals surface area (Å²) < 4.78 is 1.50. The zero-order valence-corrected chi connectivity index (χ0v) is 11.9. The molecule has 2 rings (SSSR count). The molecule has 0 fully saturated rings. The van der Waals surface area contributed by atoms with Gasteiger partial charge in [0.2, 0.25) is 0 Å². The van der Waals surface area contributed by atoms with Gasteiger partial charge in [0.15, 0.2) is 0 Å². The molecular formula is C10H9Br2N3O2. The Morgan fingerprint density at radius 1 is 1.00 bits per heavy atom. The molecule has 2 N–H and O–H groups in total. The van der Waals surface area contributed by atoms with E-state index in [1.165, 1.54) is 6.07 Å². The highest BCUT2D eigenvalue weighted by Crippen LogP contribution is 2.16. The Morgan fingerprint density at radius 2 is 1.53 bits per heavy atom. The molecule has 90 valence electrons. The molecule has 0 atom stereocenters. The topological polar surface area (TPSA) is 79.9 Å². The number of nitrogen functional groups attached to an aromatic ring is 1. The van der Waals surface area contributed by atoms with Gasteiger partial charge in [0.1, 0.15) is 0 Å². The number of anilines is 1. The predicted octanol–water partition coefficient (Wildman–Crippen LogP) is 1.48. The third-order valence-electron chi connectivity index (χ3n) is 2.51. The SMILES string of the molecule is Nc1ccc2c(c1)[n+]([O-])c(CBr)c(CBr)[n+]2[O-]. The minimum Gasteiger partial charge on any atom is -0.618 e. The summed E-state index contributed by atoms with van der Waals surface area (Å²) in [7, 11) is 0. The summed E-state index contributed by atoms with van der Waals surface area (Å²) in [4.78, 5) is 0. The molecule has 0 saturated heterocycles. The first-order valence-corrected chi connectivity index (χ1v) is 7.02. The molecule has 5 nitrogen and oxygen atoms in total. The lowest BCUT2D eigenvalue weighted by Gasteiger charge is -2.10. The molecule has 7 heteroatoms. The highest BCUT2D eigenvalue weighted by atomic mass is 79.9. The summed E-state index contributed by atoms with van der Waals surface area (Å²) in [6, 6.07) is 4.65. The lowest BCUT2D eigenvalue weighted by Crippen LogP contribution is -2.45. The van der Waals surface area contributed by atoms with Crippen molar-refractivity contribution < 1.29 is 9.46 Å². The Bertz CT molecular complexity index is 590. The van der Waals surface area contributed by atoms with Gasteiger partial charge in [0.05, 0.1) is 10.7 Å². The van der Waals surface area contributed by atoms with Crippen LogP contribution in [0.15, 0.2) is 18.2 Å². The summed E-state index contributed by atoms with van der Waals surface area (Å²) in [6.07, 6.45) is 0. The molecule has 0 spiro atoms. The van der Waals surface area contributed by atoms with E-state index in [4.69, 9.17) is 5.73 Å². The summed E-state index contributed by atoms with van der Waals surface area (Å²) in [5.41, 5.74) is 7.45. The van der Waals surface area contributed by atoms with E-state index in [2.05, 4.69) is 31.9 Å². The van der Waals surface area contributed by atoms with E-state index in [0.29, 0.717) is 33.3 Å². The molecule has 0 saturated carbocycles. The Hall–Kier alpha value is -1.08. The van der Waals surface area contributed by atoms with E-state index in [9.17, 15) is 10.4 Å². The van der Waals surface area contributed by atoms with Crippen LogP contribution in [0.2, 0.25) is 0 Å². The minimum absolute atomic E-state index is 0.277. The lowest BCUT2D eigenvalue weighted by atomic mass is 10.2. The third-order valence-corrected chi connectivity index (χ3v) is 3.58. The van der Waals surface area contributed by atoms with Crippen molar-refractivity contribution in [3.05, 3.63) is 40.0 Å². The molecule has 1 heterocycles. The van der Waals surface area contributed by atoms with E-state index in [1.54, 1.807) is 12.1 Å². The van der Waals surface area contributed by atoms with Crippen LogP contribution in [0.4, 0.5) is 5.69 Å². The smallest absolute Gasteiger partial charge is 0.292 e. The van der Waals surface area contributed by atoms with E-state index >= 15 is 0 Å². The van der Waals surface area contributed by atoms with Crippen LogP contribution in [0.3, 0.4) is 0 Å². The van der Waals surface area contributed by atoms with E-state index in [0.717, 1.165) is 9.46 Å². The summed E-state index contributed by atoms with van der Waals surface area (Å²) in [5, 5.41) is 24.8. The second kappa shape index (κ2) is 4.66. The maximum absolute atomic E-state index is 12.1. The fourth-order valence-corrected chi connectivity index (χ4v) is 2.77. The predicted molar refractivity (Wildman–Crippen MR) is 71.5 cm³/mol. The molecule has 1 aromatic heterocycles. The quantitative estimate of drug-likeness (QED) is 0.380. The van der Waals surface area contributed by atoms with Gasteiger partial charge in [0, 0.05) is 17.8 Å². The Balaban J connectivity index is 2.94. The number of fused-ring (bicyclic) bond motifs is 1. The summed E-state index contributed by atoms with van der Waals surface area (Å²) in [5.74, 6) is 0. The largest absolute Gasteiger partial charge is 0.618 e. The van der Waals surface area contributed by atoms with Crippen LogP contribution < -0.4 is 15.2 Å². The normalized spacial score (nSPS) is 10.9. The van der Waals surface area contributed by atoms with Crippen molar-refractivity contribution in [3.8, 4) is 0 Å². The van der Waals surface area contributed by atoms with E-state index < -0.39 is 0 Å². The number of rotatable bonds is 2. The number of nitrogens with two attached hydrogens (primary N) is 1. The van der Waals surface area contributed by atoms with Crippen LogP contribution in [0, 0.1) is 10.4 Å². The van der Waals surface area contributed by atoms with Gasteiger partial charge in [-0.05, 0) is 6.07 Å². The van der Waals surface area contributed by atoms with Crippen molar-refractivity contribution in [2.75, 3.05) is 5.73 Å². The fraction of sp³-hybridized carbons (Fsp3) is 0.200. The molecule has 1 aromatic carbocycles. The van der Waals surface area contributed by atoms with Gasteiger partial charge in [-0.25, -0.2) is 0 Å². The monoisotopic (exact) mass is 361 g/mol. The third kappa shape index (κ3) is 1.93. The molecule has 0 radical (unpaired) electrons. The Morgan fingerprint density at radius 3 is 2.06 bits per heavy atom. The maximum atomic E-state index is 12.1. The average Bonchev–Trinajstić information content (AvgIpc) is 2.33. The number of hydrogen-bond acceptors (Lipinski definition) is 3. The fourth-order valence-electron chi connectivity index (χ4n) is 1.66. The molecule has 0 aliphatic rings. The van der Waals surface area contributed by atoms with Crippen LogP contribution in [0.1, 0.15) is 11.4 Å². The van der Waals surface area contributed by atoms with Crippen molar-refractivity contribution in [1.82, 2.24) is 0 Å². The van der Waals surface area contributed by atoms with Crippen LogP contribution in [-0.2, 0) is 10.7 Å². The standard InChI is InChI=1S/C10H9Br2N3O2/c11-4-9-10(5-12)15(17)8-3-6(13)1-2-7(8)14(9)16/h1-3H,4-5,13H2. The van der Waals surface area contributed by atoms with Crippen molar-refractivity contribution in [2.45, 2.75) is 10.7 Å². The summed E-state index contributed by atoms with van der Waals surface area (Å²) in [6.45, 7) is 0. The van der Waals surface area contributed by atoms with Crippen molar-refractivity contribution in [1.29, 1.82) is 0 Å². The maximum Gasteiger partial charge on any atom is 0.292 e. The van der Waals surface area contributed by atoms with Crippen LogP contribution in [-0.4, -0.2) is 0 Å². The average molecular weight is 363 g/mol. The highest BCUT2D eigenvalue weighted by molar-refractivity contribution is 9.09. The van der Waals surface area contributed by atoms with Gasteiger partial charge >= 0.3 is 0 Å².